The molecule has 1 unspecified atom stereocenters. The van der Waals surface area contributed by atoms with Crippen molar-refractivity contribution in [1.82, 2.24) is 0 Å². The molecule has 0 aromatic heterocycles. The number of hydrogen-bond acceptors (Lipinski definition) is 1. The largest absolute Gasteiger partial charge is 0.388 e. The summed E-state index contributed by atoms with van der Waals surface area (Å²) in [5, 5.41) is 9.03. The molecule has 0 aromatic rings. The fourth-order valence-corrected chi connectivity index (χ4v) is 0.456. The minimum Gasteiger partial charge on any atom is -0.388 e. The van der Waals surface area contributed by atoms with Gasteiger partial charge in [-0.05, 0) is 6.92 Å². The molecule has 1 N–H and O–H groups in total. The molecule has 3 heteroatoms. The Morgan fingerprint density at radius 2 is 2.08 bits per heavy atom. The van der Waals surface area contributed by atoms with Crippen LogP contribution in [0.2, 0.25) is 0 Å². The molecule has 12 heavy (non-hydrogen) atoms. The lowest BCUT2D eigenvalue weighted by Crippen LogP contribution is -1.98. The smallest absolute Gasteiger partial charge is 0.0966 e. The topological polar surface area (TPSA) is 20.2 Å². The Bertz CT molecular complexity index is 153. The van der Waals surface area contributed by atoms with Crippen molar-refractivity contribution in [3.63, 3.8) is 0 Å². The van der Waals surface area contributed by atoms with E-state index in [-0.39, 0.29) is 11.5 Å². The number of rotatable bonds is 3. The fourth-order valence-electron chi connectivity index (χ4n) is 0.379. The number of hydrogen-bond donors (Lipinski definition) is 1. The van der Waals surface area contributed by atoms with E-state index in [1.807, 2.05) is 13.8 Å². The van der Waals surface area contributed by atoms with E-state index in [0.29, 0.717) is 0 Å². The molecule has 0 bridgehead atoms. The van der Waals surface area contributed by atoms with E-state index in [2.05, 4.69) is 6.58 Å². The average molecular weight is 195 g/mol. The standard InChI is InChI=1S/C7H10ClFO.C2H6/c1-5(9)3-4-7(8)6(2)10;1-2/h4,6,10H,1,3H2,2H3;1-2H3/b7-4+;. The monoisotopic (exact) mass is 194 g/mol. The van der Waals surface area contributed by atoms with E-state index in [1.165, 1.54) is 13.0 Å². The molecular formula is C9H16ClFO. The summed E-state index contributed by atoms with van der Waals surface area (Å²) in [6, 6.07) is 0. The summed E-state index contributed by atoms with van der Waals surface area (Å²) < 4.78 is 11.9. The van der Waals surface area contributed by atoms with Crippen molar-refractivity contribution in [1.29, 1.82) is 0 Å². The predicted molar refractivity (Wildman–Crippen MR) is 51.8 cm³/mol. The van der Waals surface area contributed by atoms with Crippen LogP contribution in [-0.4, -0.2) is 11.2 Å². The Morgan fingerprint density at radius 3 is 2.33 bits per heavy atom. The van der Waals surface area contributed by atoms with E-state index in [9.17, 15) is 4.39 Å². The quantitative estimate of drug-likeness (QED) is 0.730. The number of aliphatic hydroxyl groups excluding tert-OH is 1. The zero-order chi connectivity index (χ0) is 10.1. The second-order valence-electron chi connectivity index (χ2n) is 1.99. The van der Waals surface area contributed by atoms with Gasteiger partial charge in [-0.15, -0.1) is 0 Å². The predicted octanol–water partition coefficient (Wildman–Crippen LogP) is 3.39. The van der Waals surface area contributed by atoms with Crippen molar-refractivity contribution in [2.45, 2.75) is 33.3 Å². The van der Waals surface area contributed by atoms with E-state index >= 15 is 0 Å². The van der Waals surface area contributed by atoms with Crippen LogP contribution in [0.3, 0.4) is 0 Å². The zero-order valence-corrected chi connectivity index (χ0v) is 8.53. The molecule has 1 nitrogen and oxygen atoms in total. The summed E-state index contributed by atoms with van der Waals surface area (Å²) in [4.78, 5) is 0. The van der Waals surface area contributed by atoms with Gasteiger partial charge in [-0.3, -0.25) is 0 Å². The Balaban J connectivity index is 0. The third kappa shape index (κ3) is 9.66. The highest BCUT2D eigenvalue weighted by Crippen LogP contribution is 2.11. The van der Waals surface area contributed by atoms with Crippen LogP contribution in [0.4, 0.5) is 4.39 Å². The van der Waals surface area contributed by atoms with Gasteiger partial charge in [-0.25, -0.2) is 4.39 Å². The molecule has 0 rings (SSSR count). The van der Waals surface area contributed by atoms with E-state index in [0.717, 1.165) is 0 Å². The first-order valence-corrected chi connectivity index (χ1v) is 4.28. The van der Waals surface area contributed by atoms with Gasteiger partial charge in [0.25, 0.3) is 0 Å². The molecule has 0 aromatic carbocycles. The molecule has 0 spiro atoms. The molecule has 1 atom stereocenters. The number of halogens is 2. The summed E-state index contributed by atoms with van der Waals surface area (Å²) in [6.07, 6.45) is 0.749. The first-order chi connectivity index (χ1) is 5.54. The minimum absolute atomic E-state index is 0.0731. The fraction of sp³-hybridized carbons (Fsp3) is 0.556. The number of aliphatic hydroxyl groups is 1. The van der Waals surface area contributed by atoms with Crippen molar-refractivity contribution in [2.75, 3.05) is 0 Å². The second kappa shape index (κ2) is 8.75. The van der Waals surface area contributed by atoms with Crippen LogP contribution < -0.4 is 0 Å². The van der Waals surface area contributed by atoms with Gasteiger partial charge in [0, 0.05) is 11.5 Å². The zero-order valence-electron chi connectivity index (χ0n) is 7.77. The van der Waals surface area contributed by atoms with Crippen LogP contribution >= 0.6 is 11.6 Å². The molecule has 0 saturated carbocycles. The summed E-state index contributed by atoms with van der Waals surface area (Å²) >= 11 is 5.46. The third-order valence-electron chi connectivity index (χ3n) is 0.918. The van der Waals surface area contributed by atoms with Crippen LogP contribution in [0.5, 0.6) is 0 Å². The van der Waals surface area contributed by atoms with Gasteiger partial charge in [0.2, 0.25) is 0 Å². The molecule has 0 heterocycles. The van der Waals surface area contributed by atoms with Crippen LogP contribution in [0.25, 0.3) is 0 Å². The molecule has 0 aliphatic heterocycles. The van der Waals surface area contributed by atoms with Crippen LogP contribution in [0, 0.1) is 0 Å². The Morgan fingerprint density at radius 1 is 1.67 bits per heavy atom. The summed E-state index contributed by atoms with van der Waals surface area (Å²) in [5.41, 5.74) is 0. The van der Waals surface area contributed by atoms with E-state index < -0.39 is 11.9 Å². The first-order valence-electron chi connectivity index (χ1n) is 3.91. The lowest BCUT2D eigenvalue weighted by atomic mass is 10.3. The third-order valence-corrected chi connectivity index (χ3v) is 1.39. The maximum absolute atomic E-state index is 11.9. The summed E-state index contributed by atoms with van der Waals surface area (Å²) in [6.45, 7) is 8.55. The Labute approximate surface area is 78.5 Å². The van der Waals surface area contributed by atoms with Crippen LogP contribution in [-0.2, 0) is 0 Å². The highest BCUT2D eigenvalue weighted by atomic mass is 35.5. The lowest BCUT2D eigenvalue weighted by Gasteiger charge is -1.99. The molecule has 0 amide bonds. The maximum atomic E-state index is 11.9. The van der Waals surface area contributed by atoms with Gasteiger partial charge in [-0.1, -0.05) is 38.1 Å². The van der Waals surface area contributed by atoms with Gasteiger partial charge < -0.3 is 5.11 Å². The normalized spacial score (nSPS) is 13.0. The van der Waals surface area contributed by atoms with Gasteiger partial charge in [0.1, 0.15) is 0 Å². The van der Waals surface area contributed by atoms with Crippen LogP contribution in [0.15, 0.2) is 23.5 Å². The summed E-state index contributed by atoms with van der Waals surface area (Å²) in [7, 11) is 0. The molecule has 0 aliphatic rings. The van der Waals surface area contributed by atoms with Gasteiger partial charge in [-0.2, -0.15) is 0 Å². The highest BCUT2D eigenvalue weighted by Gasteiger charge is 1.99. The van der Waals surface area contributed by atoms with Crippen molar-refractivity contribution in [3.8, 4) is 0 Å². The first kappa shape index (κ1) is 14.2. The molecule has 0 radical (unpaired) electrons. The summed E-state index contributed by atoms with van der Waals surface area (Å²) in [5.74, 6) is -0.459. The van der Waals surface area contributed by atoms with Crippen molar-refractivity contribution in [2.24, 2.45) is 0 Å². The molecular weight excluding hydrogens is 179 g/mol. The Kier molecular flexibility index (Phi) is 10.4. The second-order valence-corrected chi connectivity index (χ2v) is 2.42. The Hall–Kier alpha value is -0.340. The molecule has 0 fully saturated rings. The molecule has 0 aliphatic carbocycles. The molecule has 0 saturated heterocycles. The van der Waals surface area contributed by atoms with Gasteiger partial charge in [0.05, 0.1) is 11.9 Å². The van der Waals surface area contributed by atoms with Crippen molar-refractivity contribution < 1.29 is 9.50 Å². The van der Waals surface area contributed by atoms with Crippen molar-refractivity contribution >= 4 is 11.6 Å². The van der Waals surface area contributed by atoms with Crippen molar-refractivity contribution in [3.05, 3.63) is 23.5 Å². The van der Waals surface area contributed by atoms with Gasteiger partial charge in [0.15, 0.2) is 0 Å². The van der Waals surface area contributed by atoms with E-state index in [1.54, 1.807) is 0 Å². The molecule has 72 valence electrons. The number of allylic oxidation sites excluding steroid dienone is 2. The van der Waals surface area contributed by atoms with Gasteiger partial charge >= 0.3 is 0 Å². The SMILES string of the molecule is C=C(F)C/C=C(/Cl)C(C)O.CC. The van der Waals surface area contributed by atoms with Crippen LogP contribution in [0.1, 0.15) is 27.2 Å². The minimum atomic E-state index is -0.721. The lowest BCUT2D eigenvalue weighted by molar-refractivity contribution is 0.239. The average Bonchev–Trinajstić information content (AvgIpc) is 2.03. The van der Waals surface area contributed by atoms with E-state index in [4.69, 9.17) is 16.7 Å². The maximum Gasteiger partial charge on any atom is 0.0966 e. The highest BCUT2D eigenvalue weighted by molar-refractivity contribution is 6.30.